The number of aromatic nitrogens is 4. The highest BCUT2D eigenvalue weighted by molar-refractivity contribution is 5.92. The molecule has 0 saturated heterocycles. The van der Waals surface area contributed by atoms with E-state index in [0.717, 1.165) is 28.7 Å². The summed E-state index contributed by atoms with van der Waals surface area (Å²) >= 11 is 0. The first-order chi connectivity index (χ1) is 14.3. The van der Waals surface area contributed by atoms with Crippen molar-refractivity contribution in [2.45, 2.75) is 12.8 Å². The van der Waals surface area contributed by atoms with E-state index in [4.69, 9.17) is 15.1 Å². The normalized spacial score (nSPS) is 12.3. The Morgan fingerprint density at radius 3 is 2.31 bits per heavy atom. The van der Waals surface area contributed by atoms with E-state index in [9.17, 15) is 0 Å². The third-order valence-corrected chi connectivity index (χ3v) is 5.15. The van der Waals surface area contributed by atoms with E-state index in [1.165, 1.54) is 5.56 Å². The van der Waals surface area contributed by atoms with E-state index in [-0.39, 0.29) is 0 Å². The largest absolute Gasteiger partial charge is 0.354 e. The third-order valence-electron chi connectivity index (χ3n) is 5.15. The van der Waals surface area contributed by atoms with Gasteiger partial charge in [0.05, 0.1) is 5.52 Å². The Hall–Kier alpha value is -3.73. The highest BCUT2D eigenvalue weighted by atomic mass is 15.4. The molecule has 5 nitrogen and oxygen atoms in total. The van der Waals surface area contributed by atoms with Crippen LogP contribution in [0.5, 0.6) is 0 Å². The molecule has 0 aliphatic carbocycles. The molecule has 5 rings (SSSR count). The van der Waals surface area contributed by atoms with Crippen molar-refractivity contribution < 1.29 is 0 Å². The summed E-state index contributed by atoms with van der Waals surface area (Å²) in [5.41, 5.74) is 4.00. The van der Waals surface area contributed by atoms with Gasteiger partial charge in [-0.05, 0) is 23.6 Å². The van der Waals surface area contributed by atoms with Crippen molar-refractivity contribution in [2.75, 3.05) is 11.9 Å². The van der Waals surface area contributed by atoms with Crippen LogP contribution in [0.1, 0.15) is 18.4 Å². The molecule has 0 unspecified atom stereocenters. The van der Waals surface area contributed by atoms with Crippen molar-refractivity contribution >= 4 is 22.5 Å². The fraction of sp³-hybridized carbons (Fsp3) is 0.125. The molecule has 5 aromatic rings. The molecule has 29 heavy (non-hydrogen) atoms. The molecule has 3 aromatic carbocycles. The van der Waals surface area contributed by atoms with Crippen LogP contribution in [0.25, 0.3) is 27.9 Å². The fourth-order valence-electron chi connectivity index (χ4n) is 3.52. The van der Waals surface area contributed by atoms with Crippen molar-refractivity contribution in [3.05, 3.63) is 90.5 Å². The van der Waals surface area contributed by atoms with Crippen LogP contribution < -0.4 is 5.32 Å². The predicted molar refractivity (Wildman–Crippen MR) is 117 cm³/mol. The van der Waals surface area contributed by atoms with Gasteiger partial charge in [-0.3, -0.25) is 0 Å². The zero-order valence-corrected chi connectivity index (χ0v) is 16.2. The summed E-state index contributed by atoms with van der Waals surface area (Å²) in [6.07, 6.45) is 0. The Bertz CT molecular complexity index is 1260. The van der Waals surface area contributed by atoms with Gasteiger partial charge in [0.25, 0.3) is 0 Å². The van der Waals surface area contributed by atoms with Gasteiger partial charge in [-0.15, -0.1) is 5.10 Å². The fourth-order valence-corrected chi connectivity index (χ4v) is 3.52. The first kappa shape index (κ1) is 17.4. The lowest BCUT2D eigenvalue weighted by molar-refractivity contribution is 0.788. The monoisotopic (exact) mass is 379 g/mol. The lowest BCUT2D eigenvalue weighted by Crippen LogP contribution is -2.14. The van der Waals surface area contributed by atoms with Crippen molar-refractivity contribution in [1.29, 1.82) is 0 Å². The highest BCUT2D eigenvalue weighted by Gasteiger charge is 2.15. The molecule has 1 N–H and O–H groups in total. The molecule has 142 valence electrons. The van der Waals surface area contributed by atoms with Crippen molar-refractivity contribution in [2.24, 2.45) is 0 Å². The van der Waals surface area contributed by atoms with Gasteiger partial charge in [0.2, 0.25) is 5.95 Å². The summed E-state index contributed by atoms with van der Waals surface area (Å²) in [5.74, 6) is 1.75. The van der Waals surface area contributed by atoms with Gasteiger partial charge in [0, 0.05) is 17.5 Å². The maximum absolute atomic E-state index is 4.83. The summed E-state index contributed by atoms with van der Waals surface area (Å²) < 4.78 is 1.82. The SMILES string of the molecule is C[C@H](CNc1nc2ccccc2c2nc(-c3ccccc3)nn12)c1ccccc1. The molecule has 0 bridgehead atoms. The van der Waals surface area contributed by atoms with Crippen LogP contribution in [-0.2, 0) is 0 Å². The van der Waals surface area contributed by atoms with E-state index in [1.54, 1.807) is 0 Å². The number of fused-ring (bicyclic) bond motifs is 3. The van der Waals surface area contributed by atoms with Crippen molar-refractivity contribution in [3.63, 3.8) is 0 Å². The van der Waals surface area contributed by atoms with Gasteiger partial charge >= 0.3 is 0 Å². The first-order valence-corrected chi connectivity index (χ1v) is 9.79. The van der Waals surface area contributed by atoms with Gasteiger partial charge in [-0.1, -0.05) is 79.7 Å². The quantitative estimate of drug-likeness (QED) is 0.458. The number of hydrogen-bond donors (Lipinski definition) is 1. The average molecular weight is 379 g/mol. The van der Waals surface area contributed by atoms with Gasteiger partial charge in [0.1, 0.15) is 0 Å². The minimum atomic E-state index is 0.344. The van der Waals surface area contributed by atoms with E-state index >= 15 is 0 Å². The molecular weight excluding hydrogens is 358 g/mol. The van der Waals surface area contributed by atoms with E-state index in [2.05, 4.69) is 36.5 Å². The van der Waals surface area contributed by atoms with Crippen LogP contribution in [0.15, 0.2) is 84.9 Å². The summed E-state index contributed by atoms with van der Waals surface area (Å²) in [4.78, 5) is 9.65. The zero-order chi connectivity index (χ0) is 19.6. The van der Waals surface area contributed by atoms with Crippen molar-refractivity contribution in [3.8, 4) is 11.4 Å². The van der Waals surface area contributed by atoms with Crippen LogP contribution in [0.4, 0.5) is 5.95 Å². The number of nitrogens with one attached hydrogen (secondary N) is 1. The maximum atomic E-state index is 4.83. The first-order valence-electron chi connectivity index (χ1n) is 9.79. The van der Waals surface area contributed by atoms with Crippen LogP contribution in [0.3, 0.4) is 0 Å². The molecule has 0 aliphatic heterocycles. The lowest BCUT2D eigenvalue weighted by atomic mass is 10.0. The Morgan fingerprint density at radius 2 is 1.52 bits per heavy atom. The molecular formula is C24H21N5. The second-order valence-corrected chi connectivity index (χ2v) is 7.18. The topological polar surface area (TPSA) is 55.1 Å². The van der Waals surface area contributed by atoms with E-state index in [0.29, 0.717) is 17.7 Å². The average Bonchev–Trinajstić information content (AvgIpc) is 3.24. The Labute approximate surface area is 169 Å². The standard InChI is InChI=1S/C24H21N5/c1-17(18-10-4-2-5-11-18)16-25-24-26-21-15-9-8-14-20(21)23-27-22(28-29(23)24)19-12-6-3-7-13-19/h2-15,17H,16H2,1H3,(H,25,26)/t17-/m1/s1. The minimum Gasteiger partial charge on any atom is -0.354 e. The Kier molecular flexibility index (Phi) is 4.41. The molecule has 0 spiro atoms. The molecule has 0 radical (unpaired) electrons. The highest BCUT2D eigenvalue weighted by Crippen LogP contribution is 2.24. The molecule has 5 heteroatoms. The van der Waals surface area contributed by atoms with Gasteiger partial charge in [-0.25, -0.2) is 9.97 Å². The Balaban J connectivity index is 1.57. The number of anilines is 1. The number of hydrogen-bond acceptors (Lipinski definition) is 4. The molecule has 1 atom stereocenters. The summed E-state index contributed by atoms with van der Waals surface area (Å²) in [6, 6.07) is 28.6. The van der Waals surface area contributed by atoms with Crippen LogP contribution in [0.2, 0.25) is 0 Å². The summed E-state index contributed by atoms with van der Waals surface area (Å²) in [5, 5.41) is 9.25. The smallest absolute Gasteiger partial charge is 0.226 e. The Morgan fingerprint density at radius 1 is 0.828 bits per heavy atom. The lowest BCUT2D eigenvalue weighted by Gasteiger charge is -2.14. The molecule has 2 aromatic heterocycles. The van der Waals surface area contributed by atoms with E-state index in [1.807, 2.05) is 65.2 Å². The third kappa shape index (κ3) is 3.31. The molecule has 2 heterocycles. The second-order valence-electron chi connectivity index (χ2n) is 7.18. The van der Waals surface area contributed by atoms with Crippen LogP contribution in [0, 0.1) is 0 Å². The number of para-hydroxylation sites is 1. The zero-order valence-electron chi connectivity index (χ0n) is 16.2. The number of nitrogens with zero attached hydrogens (tertiary/aromatic N) is 4. The van der Waals surface area contributed by atoms with Gasteiger partial charge in [-0.2, -0.15) is 4.52 Å². The minimum absolute atomic E-state index is 0.344. The van der Waals surface area contributed by atoms with Crippen LogP contribution in [-0.4, -0.2) is 26.1 Å². The predicted octanol–water partition coefficient (Wildman–Crippen LogP) is 5.16. The summed E-state index contributed by atoms with van der Waals surface area (Å²) in [7, 11) is 0. The van der Waals surface area contributed by atoms with Crippen molar-refractivity contribution in [1.82, 2.24) is 19.6 Å². The molecule has 0 fully saturated rings. The molecule has 0 saturated carbocycles. The number of benzene rings is 3. The van der Waals surface area contributed by atoms with Crippen LogP contribution >= 0.6 is 0 Å². The maximum Gasteiger partial charge on any atom is 0.226 e. The van der Waals surface area contributed by atoms with Gasteiger partial charge in [0.15, 0.2) is 11.5 Å². The molecule has 0 aliphatic rings. The van der Waals surface area contributed by atoms with E-state index < -0.39 is 0 Å². The second kappa shape index (κ2) is 7.36. The molecule has 0 amide bonds. The van der Waals surface area contributed by atoms with Gasteiger partial charge < -0.3 is 5.32 Å². The number of rotatable bonds is 5. The summed E-state index contributed by atoms with van der Waals surface area (Å²) in [6.45, 7) is 2.96.